The third kappa shape index (κ3) is 5.29. The molecule has 1 fully saturated rings. The monoisotopic (exact) mass is 309 g/mol. The smallest absolute Gasteiger partial charge is 0.317 e. The average Bonchev–Trinajstić information content (AvgIpc) is 2.75. The van der Waals surface area contributed by atoms with Crippen molar-refractivity contribution in [3.8, 4) is 0 Å². The lowest BCUT2D eigenvalue weighted by molar-refractivity contribution is 0.0869. The number of piperidine rings is 1. The number of amides is 2. The van der Waals surface area contributed by atoms with Crippen LogP contribution in [-0.4, -0.2) is 65.8 Å². The van der Waals surface area contributed by atoms with Crippen molar-refractivity contribution in [2.45, 2.75) is 63.6 Å². The molecular formula is C17H31N3O2. The number of hydrogen-bond donors (Lipinski definition) is 2. The van der Waals surface area contributed by atoms with Crippen molar-refractivity contribution in [1.82, 2.24) is 15.1 Å². The predicted molar refractivity (Wildman–Crippen MR) is 88.8 cm³/mol. The van der Waals surface area contributed by atoms with Crippen LogP contribution < -0.4 is 5.32 Å². The Labute approximate surface area is 134 Å². The van der Waals surface area contributed by atoms with Crippen molar-refractivity contribution in [2.24, 2.45) is 0 Å². The van der Waals surface area contributed by atoms with E-state index >= 15 is 0 Å². The molecule has 0 bridgehead atoms. The molecule has 1 unspecified atom stereocenters. The fourth-order valence-electron chi connectivity index (χ4n) is 3.46. The summed E-state index contributed by atoms with van der Waals surface area (Å²) in [6, 6.07) is 0.891. The zero-order chi connectivity index (χ0) is 15.9. The fraction of sp³-hybridized carbons (Fsp3) is 0.824. The molecule has 5 heteroatoms. The molecule has 0 aromatic carbocycles. The maximum absolute atomic E-state index is 12.4. The molecule has 0 spiro atoms. The molecule has 1 heterocycles. The molecule has 22 heavy (non-hydrogen) atoms. The molecule has 0 saturated carbocycles. The predicted octanol–water partition coefficient (Wildman–Crippen LogP) is 1.97. The Bertz CT molecular complexity index is 366. The van der Waals surface area contributed by atoms with Crippen LogP contribution in [-0.2, 0) is 0 Å². The highest BCUT2D eigenvalue weighted by molar-refractivity contribution is 5.74. The van der Waals surface area contributed by atoms with Gasteiger partial charge in [0, 0.05) is 31.7 Å². The van der Waals surface area contributed by atoms with Crippen LogP contribution >= 0.6 is 0 Å². The second-order valence-electron chi connectivity index (χ2n) is 6.78. The largest absolute Gasteiger partial charge is 0.392 e. The maximum Gasteiger partial charge on any atom is 0.317 e. The third-order valence-electron chi connectivity index (χ3n) is 4.79. The van der Waals surface area contributed by atoms with E-state index in [2.05, 4.69) is 29.4 Å². The van der Waals surface area contributed by atoms with Crippen LogP contribution in [0, 0.1) is 0 Å². The number of aliphatic hydroxyl groups is 1. The lowest BCUT2D eigenvalue weighted by atomic mass is 10.0. The number of carbonyl (C=O) groups is 1. The van der Waals surface area contributed by atoms with Crippen LogP contribution in [0.5, 0.6) is 0 Å². The van der Waals surface area contributed by atoms with Crippen molar-refractivity contribution >= 4 is 6.03 Å². The Hall–Kier alpha value is -1.07. The normalized spacial score (nSPS) is 22.6. The number of carbonyl (C=O) groups excluding carboxylic acids is 1. The quantitative estimate of drug-likeness (QED) is 0.781. The van der Waals surface area contributed by atoms with E-state index in [0.29, 0.717) is 18.6 Å². The summed E-state index contributed by atoms with van der Waals surface area (Å²) < 4.78 is 0. The van der Waals surface area contributed by atoms with Crippen molar-refractivity contribution < 1.29 is 9.90 Å². The minimum atomic E-state index is -0.296. The van der Waals surface area contributed by atoms with Gasteiger partial charge >= 0.3 is 6.03 Å². The van der Waals surface area contributed by atoms with E-state index < -0.39 is 0 Å². The number of likely N-dealkylation sites (tertiary alicyclic amines) is 1. The highest BCUT2D eigenvalue weighted by Gasteiger charge is 2.26. The summed E-state index contributed by atoms with van der Waals surface area (Å²) in [6.45, 7) is 4.14. The Morgan fingerprint density at radius 1 is 1.27 bits per heavy atom. The van der Waals surface area contributed by atoms with Crippen LogP contribution in [0.15, 0.2) is 12.2 Å². The fourth-order valence-corrected chi connectivity index (χ4v) is 3.46. The van der Waals surface area contributed by atoms with Gasteiger partial charge in [0.2, 0.25) is 0 Å². The summed E-state index contributed by atoms with van der Waals surface area (Å²) in [6.07, 6.45) is 10.4. The number of likely N-dealkylation sites (N-methyl/N-ethyl adjacent to an activating group) is 1. The Balaban J connectivity index is 1.72. The molecule has 126 valence electrons. The van der Waals surface area contributed by atoms with Gasteiger partial charge in [-0.25, -0.2) is 4.79 Å². The van der Waals surface area contributed by atoms with Gasteiger partial charge in [0.15, 0.2) is 0 Å². The van der Waals surface area contributed by atoms with E-state index in [0.717, 1.165) is 51.6 Å². The van der Waals surface area contributed by atoms with Gasteiger partial charge in [0.25, 0.3) is 0 Å². The SMILES string of the molecule is CC(O)CN(C)C1CCN(C(=O)NC2CCC=CCC2)CC1. The number of aliphatic hydroxyl groups excluding tert-OH is 1. The summed E-state index contributed by atoms with van der Waals surface area (Å²) in [5.41, 5.74) is 0. The lowest BCUT2D eigenvalue weighted by Gasteiger charge is -2.37. The first kappa shape index (κ1) is 17.3. The van der Waals surface area contributed by atoms with Gasteiger partial charge in [-0.2, -0.15) is 0 Å². The molecule has 0 radical (unpaired) electrons. The van der Waals surface area contributed by atoms with Crippen LogP contribution in [0.3, 0.4) is 0 Å². The molecule has 0 aromatic rings. The number of urea groups is 1. The summed E-state index contributed by atoms with van der Waals surface area (Å²) in [7, 11) is 2.06. The van der Waals surface area contributed by atoms with Crippen LogP contribution in [0.25, 0.3) is 0 Å². The topological polar surface area (TPSA) is 55.8 Å². The van der Waals surface area contributed by atoms with Crippen molar-refractivity contribution in [2.75, 3.05) is 26.7 Å². The number of nitrogens with one attached hydrogen (secondary N) is 1. The van der Waals surface area contributed by atoms with Crippen molar-refractivity contribution in [3.05, 3.63) is 12.2 Å². The van der Waals surface area contributed by atoms with E-state index in [1.165, 1.54) is 0 Å². The minimum absolute atomic E-state index is 0.100. The zero-order valence-electron chi connectivity index (χ0n) is 14.0. The molecule has 2 aliphatic rings. The lowest BCUT2D eigenvalue weighted by Crippen LogP contribution is -2.51. The number of hydrogen-bond acceptors (Lipinski definition) is 3. The number of rotatable bonds is 4. The molecule has 1 aliphatic carbocycles. The first-order valence-corrected chi connectivity index (χ1v) is 8.65. The molecule has 0 aromatic heterocycles. The van der Waals surface area contributed by atoms with Gasteiger partial charge in [-0.15, -0.1) is 0 Å². The molecule has 1 atom stereocenters. The van der Waals surface area contributed by atoms with Crippen molar-refractivity contribution in [1.29, 1.82) is 0 Å². The highest BCUT2D eigenvalue weighted by atomic mass is 16.3. The highest BCUT2D eigenvalue weighted by Crippen LogP contribution is 2.17. The number of nitrogens with zero attached hydrogens (tertiary/aromatic N) is 2. The molecule has 5 nitrogen and oxygen atoms in total. The van der Waals surface area contributed by atoms with Gasteiger partial charge in [0.1, 0.15) is 0 Å². The third-order valence-corrected chi connectivity index (χ3v) is 4.79. The first-order chi connectivity index (χ1) is 10.6. The minimum Gasteiger partial charge on any atom is -0.392 e. The average molecular weight is 309 g/mol. The molecule has 2 rings (SSSR count). The summed E-state index contributed by atoms with van der Waals surface area (Å²) in [5.74, 6) is 0. The second kappa shape index (κ2) is 8.53. The van der Waals surface area contributed by atoms with Gasteiger partial charge in [0.05, 0.1) is 6.10 Å². The van der Waals surface area contributed by atoms with E-state index in [1.54, 1.807) is 0 Å². The summed E-state index contributed by atoms with van der Waals surface area (Å²) in [5, 5.41) is 12.7. The van der Waals surface area contributed by atoms with E-state index in [-0.39, 0.29) is 12.1 Å². The van der Waals surface area contributed by atoms with E-state index in [9.17, 15) is 9.90 Å². The molecule has 2 amide bonds. The second-order valence-corrected chi connectivity index (χ2v) is 6.78. The molecule has 2 N–H and O–H groups in total. The number of allylic oxidation sites excluding steroid dienone is 2. The van der Waals surface area contributed by atoms with Crippen LogP contribution in [0.4, 0.5) is 4.79 Å². The van der Waals surface area contributed by atoms with Gasteiger partial charge in [-0.05, 0) is 52.5 Å². The van der Waals surface area contributed by atoms with E-state index in [4.69, 9.17) is 0 Å². The van der Waals surface area contributed by atoms with Crippen LogP contribution in [0.2, 0.25) is 0 Å². The molecule has 1 aliphatic heterocycles. The summed E-state index contributed by atoms with van der Waals surface area (Å²) >= 11 is 0. The van der Waals surface area contributed by atoms with Crippen molar-refractivity contribution in [3.63, 3.8) is 0 Å². The van der Waals surface area contributed by atoms with Crippen LogP contribution in [0.1, 0.15) is 45.4 Å². The Morgan fingerprint density at radius 3 is 2.41 bits per heavy atom. The molecular weight excluding hydrogens is 278 g/mol. The standard InChI is InChI=1S/C17H31N3O2/c1-14(21)13-19(2)16-9-11-20(12-10-16)17(22)18-15-7-5-3-4-6-8-15/h3-4,14-16,21H,5-13H2,1-2H3,(H,18,22). The molecule has 1 saturated heterocycles. The Kier molecular flexibility index (Phi) is 6.70. The van der Waals surface area contributed by atoms with Gasteiger partial charge < -0.3 is 20.2 Å². The Morgan fingerprint density at radius 2 is 1.86 bits per heavy atom. The zero-order valence-corrected chi connectivity index (χ0v) is 14.0. The van der Waals surface area contributed by atoms with Gasteiger partial charge in [-0.1, -0.05) is 12.2 Å². The van der Waals surface area contributed by atoms with Gasteiger partial charge in [-0.3, -0.25) is 0 Å². The summed E-state index contributed by atoms with van der Waals surface area (Å²) in [4.78, 5) is 16.5. The van der Waals surface area contributed by atoms with E-state index in [1.807, 2.05) is 11.8 Å². The maximum atomic E-state index is 12.4. The first-order valence-electron chi connectivity index (χ1n) is 8.65.